The van der Waals surface area contributed by atoms with Gasteiger partial charge in [0.15, 0.2) is 0 Å². The first kappa shape index (κ1) is 22.3. The molecule has 1 N–H and O–H groups in total. The molecule has 2 aromatic carbocycles. The van der Waals surface area contributed by atoms with Crippen LogP contribution in [0.2, 0.25) is 0 Å². The maximum absolute atomic E-state index is 15.0. The lowest BCUT2D eigenvalue weighted by molar-refractivity contribution is 0.0898. The molecular formula is C28H26F2N2O2. The quantitative estimate of drug-likeness (QED) is 0.509. The molecule has 4 nitrogen and oxygen atoms in total. The molecule has 2 aliphatic rings. The minimum atomic E-state index is -1.49. The van der Waals surface area contributed by atoms with Gasteiger partial charge in [0.05, 0.1) is 17.2 Å². The molecule has 0 spiro atoms. The van der Waals surface area contributed by atoms with Crippen LogP contribution in [0, 0.1) is 18.7 Å². The first-order valence-electron chi connectivity index (χ1n) is 11.7. The van der Waals surface area contributed by atoms with Crippen LogP contribution in [-0.4, -0.2) is 10.5 Å². The molecule has 0 bridgehead atoms. The van der Waals surface area contributed by atoms with Crippen LogP contribution in [0.5, 0.6) is 0 Å². The van der Waals surface area contributed by atoms with E-state index in [9.17, 15) is 14.0 Å². The number of nitrogens with zero attached hydrogens (tertiary/aromatic N) is 1. The third kappa shape index (κ3) is 3.87. The zero-order valence-corrected chi connectivity index (χ0v) is 18.9. The van der Waals surface area contributed by atoms with E-state index in [2.05, 4.69) is 5.32 Å². The number of benzene rings is 2. The summed E-state index contributed by atoms with van der Waals surface area (Å²) in [5.41, 5.74) is 1.89. The normalized spacial score (nSPS) is 18.1. The highest BCUT2D eigenvalue weighted by atomic mass is 19.1. The minimum Gasteiger partial charge on any atom is -0.345 e. The van der Waals surface area contributed by atoms with Crippen LogP contribution in [0.4, 0.5) is 8.78 Å². The van der Waals surface area contributed by atoms with Crippen LogP contribution >= 0.6 is 0 Å². The van der Waals surface area contributed by atoms with Crippen molar-refractivity contribution in [2.75, 3.05) is 0 Å². The van der Waals surface area contributed by atoms with E-state index in [-0.39, 0.29) is 35.3 Å². The summed E-state index contributed by atoms with van der Waals surface area (Å²) in [7, 11) is 0. The summed E-state index contributed by atoms with van der Waals surface area (Å²) in [6.07, 6.45) is 4.88. The number of hydrogen-bond donors (Lipinski definition) is 1. The summed E-state index contributed by atoms with van der Waals surface area (Å²) in [6.45, 7) is 1.71. The van der Waals surface area contributed by atoms with Gasteiger partial charge < -0.3 is 5.32 Å². The number of rotatable bonds is 5. The van der Waals surface area contributed by atoms with Crippen molar-refractivity contribution in [1.82, 2.24) is 9.88 Å². The van der Waals surface area contributed by atoms with E-state index < -0.39 is 17.6 Å². The standard InChI is InChI=1S/C28H26F2N2O2/c1-17-24(27(33)31-26(18-8-5-9-18)19-10-6-11-20(29)16-19)22-14-7-15-23(30)25(22)28(34)32(17)21-12-3-2-4-13-21/h2-4,6-7,10-14,16,18,23,26H,5,8-9,15H2,1H3,(H,31,33)/t23-,26?/m0/s1. The van der Waals surface area contributed by atoms with Gasteiger partial charge in [-0.2, -0.15) is 0 Å². The zero-order valence-electron chi connectivity index (χ0n) is 18.9. The van der Waals surface area contributed by atoms with Crippen molar-refractivity contribution in [3.05, 3.63) is 105 Å². The van der Waals surface area contributed by atoms with E-state index in [1.807, 2.05) is 12.1 Å². The first-order chi connectivity index (χ1) is 16.5. The second-order valence-corrected chi connectivity index (χ2v) is 9.07. The molecule has 1 unspecified atom stereocenters. The highest BCUT2D eigenvalue weighted by Crippen LogP contribution is 2.39. The van der Waals surface area contributed by atoms with Crippen molar-refractivity contribution in [2.24, 2.45) is 5.92 Å². The molecule has 1 aromatic heterocycles. The third-order valence-corrected chi connectivity index (χ3v) is 6.99. The average molecular weight is 461 g/mol. The van der Waals surface area contributed by atoms with Gasteiger partial charge in [-0.15, -0.1) is 0 Å². The smallest absolute Gasteiger partial charge is 0.262 e. The van der Waals surface area contributed by atoms with Crippen LogP contribution in [0.3, 0.4) is 0 Å². The molecule has 1 saturated carbocycles. The summed E-state index contributed by atoms with van der Waals surface area (Å²) in [5.74, 6) is -0.546. The summed E-state index contributed by atoms with van der Waals surface area (Å²) in [5, 5.41) is 3.11. The SMILES string of the molecule is Cc1c(C(=O)NC(c2cccc(F)c2)C2CCC2)c2c(c(=O)n1-c1ccccc1)[C@@H](F)CC=C2. The van der Waals surface area contributed by atoms with Gasteiger partial charge in [-0.1, -0.05) is 48.9 Å². The van der Waals surface area contributed by atoms with Crippen LogP contribution in [-0.2, 0) is 0 Å². The largest absolute Gasteiger partial charge is 0.345 e. The molecule has 3 aromatic rings. The number of fused-ring (bicyclic) bond motifs is 1. The number of nitrogens with one attached hydrogen (secondary N) is 1. The molecule has 2 atom stereocenters. The van der Waals surface area contributed by atoms with Gasteiger partial charge in [0.1, 0.15) is 12.0 Å². The first-order valence-corrected chi connectivity index (χ1v) is 11.7. The van der Waals surface area contributed by atoms with Crippen molar-refractivity contribution in [1.29, 1.82) is 0 Å². The van der Waals surface area contributed by atoms with Crippen LogP contribution in [0.1, 0.15) is 70.6 Å². The summed E-state index contributed by atoms with van der Waals surface area (Å²) < 4.78 is 30.4. The number of carbonyl (C=O) groups excluding carboxylic acids is 1. The lowest BCUT2D eigenvalue weighted by Gasteiger charge is -2.35. The van der Waals surface area contributed by atoms with Gasteiger partial charge in [-0.3, -0.25) is 14.2 Å². The van der Waals surface area contributed by atoms with Crippen molar-refractivity contribution in [3.8, 4) is 5.69 Å². The minimum absolute atomic E-state index is 0.00746. The van der Waals surface area contributed by atoms with E-state index in [0.29, 0.717) is 22.5 Å². The Labute approximate surface area is 196 Å². The molecule has 1 fully saturated rings. The molecule has 2 aliphatic carbocycles. The number of hydrogen-bond acceptors (Lipinski definition) is 2. The summed E-state index contributed by atoms with van der Waals surface area (Å²) >= 11 is 0. The third-order valence-electron chi connectivity index (χ3n) is 6.99. The fraction of sp³-hybridized carbons (Fsp3) is 0.286. The maximum atomic E-state index is 15.0. The Morgan fingerprint density at radius 3 is 2.56 bits per heavy atom. The molecule has 0 aliphatic heterocycles. The van der Waals surface area contributed by atoms with Crippen LogP contribution < -0.4 is 10.9 Å². The molecule has 1 amide bonds. The monoisotopic (exact) mass is 460 g/mol. The Hall–Kier alpha value is -3.54. The van der Waals surface area contributed by atoms with Gasteiger partial charge in [0.2, 0.25) is 0 Å². The van der Waals surface area contributed by atoms with Gasteiger partial charge in [0.25, 0.3) is 11.5 Å². The number of halogens is 2. The van der Waals surface area contributed by atoms with Gasteiger partial charge >= 0.3 is 0 Å². The second-order valence-electron chi connectivity index (χ2n) is 9.07. The highest BCUT2D eigenvalue weighted by Gasteiger charge is 2.33. The predicted octanol–water partition coefficient (Wildman–Crippen LogP) is 5.98. The lowest BCUT2D eigenvalue weighted by Crippen LogP contribution is -2.39. The van der Waals surface area contributed by atoms with E-state index in [0.717, 1.165) is 19.3 Å². The van der Waals surface area contributed by atoms with E-state index in [4.69, 9.17) is 0 Å². The fourth-order valence-corrected chi connectivity index (χ4v) is 5.06. The number of carbonyl (C=O) groups is 1. The van der Waals surface area contributed by atoms with Crippen LogP contribution in [0.15, 0.2) is 65.5 Å². The lowest BCUT2D eigenvalue weighted by atomic mass is 9.77. The number of aromatic nitrogens is 1. The van der Waals surface area contributed by atoms with Crippen molar-refractivity contribution < 1.29 is 13.6 Å². The second kappa shape index (κ2) is 9.01. The number of pyridine rings is 1. The van der Waals surface area contributed by atoms with E-state index >= 15 is 4.39 Å². The molecular weight excluding hydrogens is 434 g/mol. The molecule has 1 heterocycles. The summed E-state index contributed by atoms with van der Waals surface area (Å²) in [4.78, 5) is 27.2. The van der Waals surface area contributed by atoms with E-state index in [1.165, 1.54) is 16.7 Å². The number of alkyl halides is 1. The Morgan fingerprint density at radius 1 is 1.12 bits per heavy atom. The molecule has 0 radical (unpaired) electrons. The van der Waals surface area contributed by atoms with Gasteiger partial charge in [-0.05, 0) is 55.5 Å². The Balaban J connectivity index is 1.64. The van der Waals surface area contributed by atoms with Gasteiger partial charge in [-0.25, -0.2) is 8.78 Å². The maximum Gasteiger partial charge on any atom is 0.262 e. The van der Waals surface area contributed by atoms with Crippen molar-refractivity contribution in [2.45, 2.75) is 44.8 Å². The molecule has 174 valence electrons. The van der Waals surface area contributed by atoms with Crippen molar-refractivity contribution >= 4 is 12.0 Å². The number of para-hydroxylation sites is 1. The predicted molar refractivity (Wildman–Crippen MR) is 128 cm³/mol. The highest BCUT2D eigenvalue weighted by molar-refractivity contribution is 6.00. The fourth-order valence-electron chi connectivity index (χ4n) is 5.06. The number of amides is 1. The average Bonchev–Trinajstić information content (AvgIpc) is 2.78. The Kier molecular flexibility index (Phi) is 5.90. The summed E-state index contributed by atoms with van der Waals surface area (Å²) in [6, 6.07) is 14.9. The zero-order chi connectivity index (χ0) is 23.8. The number of allylic oxidation sites excluding steroid dienone is 1. The van der Waals surface area contributed by atoms with E-state index in [1.54, 1.807) is 49.4 Å². The topological polar surface area (TPSA) is 51.1 Å². The molecule has 0 saturated heterocycles. The van der Waals surface area contributed by atoms with Crippen LogP contribution in [0.25, 0.3) is 11.8 Å². The molecule has 6 heteroatoms. The Bertz CT molecular complexity index is 1330. The molecule has 5 rings (SSSR count). The molecule has 34 heavy (non-hydrogen) atoms. The van der Waals surface area contributed by atoms with Gasteiger partial charge in [0, 0.05) is 23.4 Å². The Morgan fingerprint density at radius 2 is 1.88 bits per heavy atom. The van der Waals surface area contributed by atoms with Crippen molar-refractivity contribution in [3.63, 3.8) is 0 Å².